The molecule has 1 N–H and O–H groups in total. The van der Waals surface area contributed by atoms with Crippen LogP contribution in [0.5, 0.6) is 5.75 Å². The minimum Gasteiger partial charge on any atom is -0.489 e. The molecule has 3 rings (SSSR count). The maximum Gasteiger partial charge on any atom is 0.339 e. The number of anilines is 1. The van der Waals surface area contributed by atoms with Crippen LogP contribution in [0.1, 0.15) is 20.7 Å². The molecule has 0 fully saturated rings. The van der Waals surface area contributed by atoms with Gasteiger partial charge in [-0.3, -0.25) is 4.79 Å². The van der Waals surface area contributed by atoms with Crippen molar-refractivity contribution < 1.29 is 19.4 Å². The SMILES string of the molecule is O=C(O)c1cccc2c1OCCN2C(=O)c1cncnc1. The van der Waals surface area contributed by atoms with Crippen LogP contribution in [-0.4, -0.2) is 40.1 Å². The molecular formula is C14H11N3O4. The third kappa shape index (κ3) is 2.29. The molecule has 7 heteroatoms. The van der Waals surface area contributed by atoms with E-state index in [4.69, 9.17) is 4.74 Å². The van der Waals surface area contributed by atoms with Crippen LogP contribution in [0, 0.1) is 0 Å². The number of aromatic nitrogens is 2. The Morgan fingerprint density at radius 3 is 2.71 bits per heavy atom. The smallest absolute Gasteiger partial charge is 0.339 e. The molecule has 0 saturated heterocycles. The van der Waals surface area contributed by atoms with Crippen molar-refractivity contribution in [2.45, 2.75) is 0 Å². The quantitative estimate of drug-likeness (QED) is 0.891. The maximum absolute atomic E-state index is 12.5. The van der Waals surface area contributed by atoms with Gasteiger partial charge in [0.1, 0.15) is 18.5 Å². The number of ether oxygens (including phenoxy) is 1. The molecule has 0 saturated carbocycles. The highest BCUT2D eigenvalue weighted by Crippen LogP contribution is 2.35. The normalized spacial score (nSPS) is 13.2. The summed E-state index contributed by atoms with van der Waals surface area (Å²) in [6, 6.07) is 4.68. The number of nitrogens with zero attached hydrogens (tertiary/aromatic N) is 3. The standard InChI is InChI=1S/C14H11N3O4/c18-13(9-6-15-8-16-7-9)17-4-5-21-12-10(14(19)20)2-1-3-11(12)17/h1-3,6-8H,4-5H2,(H,19,20). The first-order chi connectivity index (χ1) is 10.2. The lowest BCUT2D eigenvalue weighted by Crippen LogP contribution is -2.38. The fourth-order valence-corrected chi connectivity index (χ4v) is 2.19. The topological polar surface area (TPSA) is 92.6 Å². The molecule has 0 atom stereocenters. The van der Waals surface area contributed by atoms with Gasteiger partial charge in [0, 0.05) is 12.4 Å². The van der Waals surface area contributed by atoms with Crippen molar-refractivity contribution in [3.8, 4) is 5.75 Å². The predicted molar refractivity (Wildman–Crippen MR) is 72.6 cm³/mol. The van der Waals surface area contributed by atoms with E-state index in [1.165, 1.54) is 29.7 Å². The minimum absolute atomic E-state index is 0.0364. The number of aromatic carboxylic acids is 1. The Labute approximate surface area is 119 Å². The van der Waals surface area contributed by atoms with Gasteiger partial charge in [-0.05, 0) is 12.1 Å². The van der Waals surface area contributed by atoms with Crippen LogP contribution in [0.15, 0.2) is 36.9 Å². The van der Waals surface area contributed by atoms with E-state index in [1.54, 1.807) is 12.1 Å². The van der Waals surface area contributed by atoms with E-state index in [1.807, 2.05) is 0 Å². The highest BCUT2D eigenvalue weighted by Gasteiger charge is 2.28. The summed E-state index contributed by atoms with van der Waals surface area (Å²) in [4.78, 5) is 32.8. The molecule has 0 unspecified atom stereocenters. The number of amides is 1. The molecule has 1 aliphatic rings. The summed E-state index contributed by atoms with van der Waals surface area (Å²) < 4.78 is 5.43. The third-order valence-corrected chi connectivity index (χ3v) is 3.13. The van der Waals surface area contributed by atoms with E-state index in [9.17, 15) is 14.7 Å². The van der Waals surface area contributed by atoms with E-state index < -0.39 is 5.97 Å². The first-order valence-corrected chi connectivity index (χ1v) is 6.24. The zero-order chi connectivity index (χ0) is 14.8. The molecule has 1 aromatic carbocycles. The van der Waals surface area contributed by atoms with Gasteiger partial charge in [0.2, 0.25) is 0 Å². The molecule has 0 radical (unpaired) electrons. The summed E-state index contributed by atoms with van der Waals surface area (Å²) in [5.41, 5.74) is 0.815. The van der Waals surface area contributed by atoms with Gasteiger partial charge >= 0.3 is 5.97 Å². The Bertz CT molecular complexity index is 703. The number of carboxylic acid groups (broad SMARTS) is 1. The Hall–Kier alpha value is -2.96. The van der Waals surface area contributed by atoms with E-state index in [0.717, 1.165) is 0 Å². The van der Waals surface area contributed by atoms with Gasteiger partial charge in [0.05, 0.1) is 17.8 Å². The van der Waals surface area contributed by atoms with Gasteiger partial charge in [-0.25, -0.2) is 14.8 Å². The molecule has 0 aliphatic carbocycles. The number of fused-ring (bicyclic) bond motifs is 1. The molecule has 1 aromatic heterocycles. The fourth-order valence-electron chi connectivity index (χ4n) is 2.19. The van der Waals surface area contributed by atoms with Crippen LogP contribution in [0.2, 0.25) is 0 Å². The maximum atomic E-state index is 12.5. The lowest BCUT2D eigenvalue weighted by Gasteiger charge is -2.30. The van der Waals surface area contributed by atoms with Gasteiger partial charge in [-0.1, -0.05) is 6.07 Å². The fraction of sp³-hybridized carbons (Fsp3) is 0.143. The van der Waals surface area contributed by atoms with Crippen molar-refractivity contribution >= 4 is 17.6 Å². The number of rotatable bonds is 2. The van der Waals surface area contributed by atoms with Crippen LogP contribution in [0.3, 0.4) is 0 Å². The molecule has 106 valence electrons. The summed E-state index contributed by atoms with van der Waals surface area (Å²) >= 11 is 0. The Kier molecular flexibility index (Phi) is 3.23. The zero-order valence-electron chi connectivity index (χ0n) is 10.9. The summed E-state index contributed by atoms with van der Waals surface area (Å²) in [6.07, 6.45) is 4.18. The van der Waals surface area contributed by atoms with E-state index in [-0.39, 0.29) is 23.8 Å². The van der Waals surface area contributed by atoms with Gasteiger partial charge in [-0.15, -0.1) is 0 Å². The summed E-state index contributed by atoms with van der Waals surface area (Å²) in [5, 5.41) is 9.18. The Balaban J connectivity index is 2.04. The highest BCUT2D eigenvalue weighted by atomic mass is 16.5. The number of carbonyl (C=O) groups excluding carboxylic acids is 1. The average molecular weight is 285 g/mol. The van der Waals surface area contributed by atoms with Crippen molar-refractivity contribution in [1.29, 1.82) is 0 Å². The molecule has 2 aromatic rings. The second-order valence-corrected chi connectivity index (χ2v) is 4.39. The average Bonchev–Trinajstić information content (AvgIpc) is 2.53. The molecular weight excluding hydrogens is 274 g/mol. The molecule has 7 nitrogen and oxygen atoms in total. The summed E-state index contributed by atoms with van der Waals surface area (Å²) in [7, 11) is 0. The van der Waals surface area contributed by atoms with Crippen molar-refractivity contribution in [1.82, 2.24) is 9.97 Å². The lowest BCUT2D eigenvalue weighted by molar-refractivity contribution is 0.0690. The largest absolute Gasteiger partial charge is 0.489 e. The van der Waals surface area contributed by atoms with E-state index >= 15 is 0 Å². The molecule has 0 spiro atoms. The van der Waals surface area contributed by atoms with Crippen LogP contribution in [-0.2, 0) is 0 Å². The van der Waals surface area contributed by atoms with Gasteiger partial charge < -0.3 is 14.7 Å². The zero-order valence-corrected chi connectivity index (χ0v) is 10.9. The third-order valence-electron chi connectivity index (χ3n) is 3.13. The van der Waals surface area contributed by atoms with Crippen LogP contribution in [0.4, 0.5) is 5.69 Å². The van der Waals surface area contributed by atoms with E-state index in [0.29, 0.717) is 17.8 Å². The van der Waals surface area contributed by atoms with Gasteiger partial charge in [-0.2, -0.15) is 0 Å². The second kappa shape index (κ2) is 5.20. The summed E-state index contributed by atoms with van der Waals surface area (Å²) in [6.45, 7) is 0.570. The number of hydrogen-bond donors (Lipinski definition) is 1. The minimum atomic E-state index is -1.09. The van der Waals surface area contributed by atoms with Crippen LogP contribution in [0.25, 0.3) is 0 Å². The number of hydrogen-bond acceptors (Lipinski definition) is 5. The van der Waals surface area contributed by atoms with Crippen molar-refractivity contribution in [2.75, 3.05) is 18.1 Å². The monoisotopic (exact) mass is 285 g/mol. The number of carbonyl (C=O) groups is 2. The highest BCUT2D eigenvalue weighted by molar-refractivity contribution is 6.08. The first kappa shape index (κ1) is 13.0. The van der Waals surface area contributed by atoms with E-state index in [2.05, 4.69) is 9.97 Å². The second-order valence-electron chi connectivity index (χ2n) is 4.39. The summed E-state index contributed by atoms with van der Waals surface area (Å²) in [5.74, 6) is -1.17. The van der Waals surface area contributed by atoms with Crippen molar-refractivity contribution in [3.63, 3.8) is 0 Å². The predicted octanol–water partition coefficient (Wildman–Crippen LogP) is 1.21. The lowest BCUT2D eigenvalue weighted by atomic mass is 10.1. The number of benzene rings is 1. The Morgan fingerprint density at radius 1 is 1.24 bits per heavy atom. The first-order valence-electron chi connectivity index (χ1n) is 6.24. The number of para-hydroxylation sites is 1. The molecule has 21 heavy (non-hydrogen) atoms. The number of carboxylic acids is 1. The van der Waals surface area contributed by atoms with Crippen LogP contribution >= 0.6 is 0 Å². The van der Waals surface area contributed by atoms with Crippen molar-refractivity contribution in [2.24, 2.45) is 0 Å². The molecule has 1 amide bonds. The molecule has 0 bridgehead atoms. The molecule has 1 aliphatic heterocycles. The van der Waals surface area contributed by atoms with Gasteiger partial charge in [0.15, 0.2) is 5.75 Å². The van der Waals surface area contributed by atoms with Crippen molar-refractivity contribution in [3.05, 3.63) is 48.0 Å². The van der Waals surface area contributed by atoms with Crippen LogP contribution < -0.4 is 9.64 Å². The van der Waals surface area contributed by atoms with Gasteiger partial charge in [0.25, 0.3) is 5.91 Å². The Morgan fingerprint density at radius 2 is 2.00 bits per heavy atom. The molecule has 2 heterocycles.